The van der Waals surface area contributed by atoms with Crippen molar-refractivity contribution in [2.45, 2.75) is 19.4 Å². The van der Waals surface area contributed by atoms with Crippen molar-refractivity contribution in [3.63, 3.8) is 0 Å². The Bertz CT molecular complexity index is 450. The number of ether oxygens (including phenoxy) is 1. The fourth-order valence-corrected chi connectivity index (χ4v) is 2.04. The lowest BCUT2D eigenvalue weighted by Gasteiger charge is -2.07. The van der Waals surface area contributed by atoms with Gasteiger partial charge < -0.3 is 4.74 Å². The summed E-state index contributed by atoms with van der Waals surface area (Å²) in [5, 5.41) is 1.05. The lowest BCUT2D eigenvalue weighted by molar-refractivity contribution is 0.306. The first-order valence-electron chi connectivity index (χ1n) is 6.20. The molecule has 0 spiro atoms. The average Bonchev–Trinajstić information content (AvgIpc) is 2.45. The molecule has 0 N–H and O–H groups in total. The van der Waals surface area contributed by atoms with Crippen LogP contribution < -0.4 is 4.74 Å². The van der Waals surface area contributed by atoms with E-state index < -0.39 is 0 Å². The summed E-state index contributed by atoms with van der Waals surface area (Å²) < 4.78 is 5.74. The van der Waals surface area contributed by atoms with Gasteiger partial charge in [0.2, 0.25) is 0 Å². The molecule has 18 heavy (non-hydrogen) atoms. The van der Waals surface area contributed by atoms with E-state index in [0.717, 1.165) is 17.5 Å². The van der Waals surface area contributed by atoms with E-state index in [1.54, 1.807) is 0 Å². The molecule has 2 aromatic rings. The van der Waals surface area contributed by atoms with Gasteiger partial charge in [-0.1, -0.05) is 58.4 Å². The lowest BCUT2D eigenvalue weighted by Crippen LogP contribution is -1.95. The molecule has 0 radical (unpaired) electrons. The Morgan fingerprint density at radius 2 is 1.56 bits per heavy atom. The molecule has 0 saturated carbocycles. The maximum atomic E-state index is 5.74. The molecule has 0 aliphatic carbocycles. The number of alkyl halides is 1. The average molecular weight is 305 g/mol. The molecule has 0 aromatic heterocycles. The Kier molecular flexibility index (Phi) is 5.28. The van der Waals surface area contributed by atoms with Crippen molar-refractivity contribution < 1.29 is 4.74 Å². The van der Waals surface area contributed by atoms with E-state index in [4.69, 9.17) is 4.74 Å². The molecule has 0 atom stereocenters. The summed E-state index contributed by atoms with van der Waals surface area (Å²) in [6.45, 7) is 0.627. The lowest BCUT2D eigenvalue weighted by atomic mass is 10.1. The van der Waals surface area contributed by atoms with Gasteiger partial charge in [0, 0.05) is 5.33 Å². The van der Waals surface area contributed by atoms with Gasteiger partial charge in [-0.2, -0.15) is 0 Å². The molecule has 2 heteroatoms. The molecule has 0 bridgehead atoms. The van der Waals surface area contributed by atoms with Crippen LogP contribution in [0.2, 0.25) is 0 Å². The van der Waals surface area contributed by atoms with E-state index in [0.29, 0.717) is 6.61 Å². The van der Waals surface area contributed by atoms with Crippen LogP contribution in [-0.4, -0.2) is 5.33 Å². The number of hydrogen-bond acceptors (Lipinski definition) is 1. The van der Waals surface area contributed by atoms with E-state index in [9.17, 15) is 0 Å². The van der Waals surface area contributed by atoms with E-state index in [1.807, 2.05) is 30.3 Å². The minimum atomic E-state index is 0.627. The number of benzene rings is 2. The second kappa shape index (κ2) is 7.22. The highest BCUT2D eigenvalue weighted by Gasteiger charge is 1.97. The van der Waals surface area contributed by atoms with Crippen LogP contribution in [0.3, 0.4) is 0 Å². The molecule has 0 fully saturated rings. The predicted octanol–water partition coefficient (Wildman–Crippen LogP) is 4.59. The third-order valence-electron chi connectivity index (χ3n) is 2.77. The SMILES string of the molecule is BrCCCc1ccc(OCc2ccccc2)cc1. The molecule has 1 nitrogen and oxygen atoms in total. The summed E-state index contributed by atoms with van der Waals surface area (Å²) >= 11 is 3.45. The van der Waals surface area contributed by atoms with Crippen molar-refractivity contribution in [3.8, 4) is 5.75 Å². The van der Waals surface area contributed by atoms with Gasteiger partial charge in [0.25, 0.3) is 0 Å². The number of hydrogen-bond donors (Lipinski definition) is 0. The fraction of sp³-hybridized carbons (Fsp3) is 0.250. The molecule has 0 aliphatic heterocycles. The van der Waals surface area contributed by atoms with Gasteiger partial charge in [-0.3, -0.25) is 0 Å². The number of halogens is 1. The highest BCUT2D eigenvalue weighted by atomic mass is 79.9. The van der Waals surface area contributed by atoms with E-state index in [-0.39, 0.29) is 0 Å². The van der Waals surface area contributed by atoms with Crippen molar-refractivity contribution in [2.75, 3.05) is 5.33 Å². The van der Waals surface area contributed by atoms with Crippen molar-refractivity contribution in [3.05, 3.63) is 65.7 Å². The van der Waals surface area contributed by atoms with Crippen molar-refractivity contribution in [1.82, 2.24) is 0 Å². The first kappa shape index (κ1) is 13.2. The Morgan fingerprint density at radius 3 is 2.22 bits per heavy atom. The molecule has 0 aliphatic rings. The molecule has 0 amide bonds. The van der Waals surface area contributed by atoms with Crippen LogP contribution in [0.1, 0.15) is 17.5 Å². The van der Waals surface area contributed by atoms with Crippen LogP contribution in [0.4, 0.5) is 0 Å². The minimum Gasteiger partial charge on any atom is -0.489 e. The summed E-state index contributed by atoms with van der Waals surface area (Å²) in [6.07, 6.45) is 2.29. The van der Waals surface area contributed by atoms with Crippen LogP contribution in [-0.2, 0) is 13.0 Å². The first-order valence-corrected chi connectivity index (χ1v) is 7.32. The van der Waals surface area contributed by atoms with Crippen LogP contribution in [0.15, 0.2) is 54.6 Å². The third-order valence-corrected chi connectivity index (χ3v) is 3.33. The summed E-state index contributed by atoms with van der Waals surface area (Å²) in [7, 11) is 0. The van der Waals surface area contributed by atoms with E-state index in [2.05, 4.69) is 40.2 Å². The fourth-order valence-electron chi connectivity index (χ4n) is 1.76. The van der Waals surface area contributed by atoms with E-state index in [1.165, 1.54) is 17.5 Å². The van der Waals surface area contributed by atoms with Gasteiger partial charge in [0.15, 0.2) is 0 Å². The normalized spacial score (nSPS) is 10.3. The summed E-state index contributed by atoms with van der Waals surface area (Å²) in [4.78, 5) is 0. The maximum absolute atomic E-state index is 5.74. The monoisotopic (exact) mass is 304 g/mol. The zero-order valence-electron chi connectivity index (χ0n) is 10.3. The van der Waals surface area contributed by atoms with Crippen LogP contribution in [0, 0.1) is 0 Å². The minimum absolute atomic E-state index is 0.627. The standard InChI is InChI=1S/C16H17BrO/c17-12-4-7-14-8-10-16(11-9-14)18-13-15-5-2-1-3-6-15/h1-3,5-6,8-11H,4,7,12-13H2. The summed E-state index contributed by atoms with van der Waals surface area (Å²) in [6, 6.07) is 18.6. The second-order valence-electron chi connectivity index (χ2n) is 4.21. The second-order valence-corrected chi connectivity index (χ2v) is 5.00. The smallest absolute Gasteiger partial charge is 0.119 e. The molecular formula is C16H17BrO. The highest BCUT2D eigenvalue weighted by Crippen LogP contribution is 2.15. The van der Waals surface area contributed by atoms with Gasteiger partial charge >= 0.3 is 0 Å². The Hall–Kier alpha value is -1.28. The number of rotatable bonds is 6. The highest BCUT2D eigenvalue weighted by molar-refractivity contribution is 9.09. The van der Waals surface area contributed by atoms with Gasteiger partial charge in [0.05, 0.1) is 0 Å². The molecular weight excluding hydrogens is 288 g/mol. The molecule has 0 unspecified atom stereocenters. The van der Waals surface area contributed by atoms with Crippen LogP contribution in [0.25, 0.3) is 0 Å². The topological polar surface area (TPSA) is 9.23 Å². The van der Waals surface area contributed by atoms with Gasteiger partial charge in [-0.15, -0.1) is 0 Å². The van der Waals surface area contributed by atoms with Gasteiger partial charge in [0.1, 0.15) is 12.4 Å². The van der Waals surface area contributed by atoms with Crippen molar-refractivity contribution >= 4 is 15.9 Å². The van der Waals surface area contributed by atoms with Gasteiger partial charge in [-0.05, 0) is 36.1 Å². The van der Waals surface area contributed by atoms with Crippen molar-refractivity contribution in [2.24, 2.45) is 0 Å². The third kappa shape index (κ3) is 4.19. The largest absolute Gasteiger partial charge is 0.489 e. The molecule has 94 valence electrons. The summed E-state index contributed by atoms with van der Waals surface area (Å²) in [5.74, 6) is 0.932. The summed E-state index contributed by atoms with van der Waals surface area (Å²) in [5.41, 5.74) is 2.56. The molecule has 2 rings (SSSR count). The zero-order chi connectivity index (χ0) is 12.6. The van der Waals surface area contributed by atoms with Gasteiger partial charge in [-0.25, -0.2) is 0 Å². The molecule has 0 heterocycles. The first-order chi connectivity index (χ1) is 8.88. The molecule has 0 saturated heterocycles. The predicted molar refractivity (Wildman–Crippen MR) is 79.3 cm³/mol. The Labute approximate surface area is 117 Å². The van der Waals surface area contributed by atoms with Crippen LogP contribution in [0.5, 0.6) is 5.75 Å². The quantitative estimate of drug-likeness (QED) is 0.709. The Morgan fingerprint density at radius 1 is 0.833 bits per heavy atom. The number of aryl methyl sites for hydroxylation is 1. The van der Waals surface area contributed by atoms with E-state index >= 15 is 0 Å². The zero-order valence-corrected chi connectivity index (χ0v) is 11.9. The Balaban J connectivity index is 1.86. The maximum Gasteiger partial charge on any atom is 0.119 e. The van der Waals surface area contributed by atoms with Crippen LogP contribution >= 0.6 is 15.9 Å². The molecule has 2 aromatic carbocycles. The van der Waals surface area contributed by atoms with Crippen molar-refractivity contribution in [1.29, 1.82) is 0 Å².